The van der Waals surface area contributed by atoms with Crippen LogP contribution in [0.15, 0.2) is 38.5 Å². The second-order valence-corrected chi connectivity index (χ2v) is 1.15. The molecular formula is C8H10O3. The molecule has 0 atom stereocenters. The van der Waals surface area contributed by atoms with Gasteiger partial charge >= 0.3 is 11.9 Å². The summed E-state index contributed by atoms with van der Waals surface area (Å²) in [7, 11) is 0. The molecule has 0 saturated heterocycles. The van der Waals surface area contributed by atoms with Crippen LogP contribution in [0.4, 0.5) is 0 Å². The van der Waals surface area contributed by atoms with E-state index < -0.39 is 11.9 Å². The van der Waals surface area contributed by atoms with Crippen molar-refractivity contribution >= 4 is 11.9 Å². The van der Waals surface area contributed by atoms with E-state index in [1.165, 1.54) is 0 Å². The first-order valence-corrected chi connectivity index (χ1v) is 2.71. The van der Waals surface area contributed by atoms with Crippen molar-refractivity contribution in [1.82, 2.24) is 0 Å². The number of rotatable bonds is 2. The summed E-state index contributed by atoms with van der Waals surface area (Å²) in [6.07, 6.45) is 1.81. The predicted molar refractivity (Wildman–Crippen MR) is 42.7 cm³/mol. The number of ether oxygens (including phenoxy) is 1. The number of hydrogen-bond acceptors (Lipinski definition) is 3. The zero-order valence-electron chi connectivity index (χ0n) is 6.21. The molecule has 0 aromatic carbocycles. The monoisotopic (exact) mass is 154 g/mol. The highest BCUT2D eigenvalue weighted by Gasteiger charge is 1.99. The van der Waals surface area contributed by atoms with E-state index in [-0.39, 0.29) is 0 Å². The summed E-state index contributed by atoms with van der Waals surface area (Å²) < 4.78 is 4.03. The molecule has 0 radical (unpaired) electrons. The molecule has 0 unspecified atom stereocenters. The smallest absolute Gasteiger partial charge is 0.338 e. The van der Waals surface area contributed by atoms with Crippen molar-refractivity contribution in [3.63, 3.8) is 0 Å². The molecule has 11 heavy (non-hydrogen) atoms. The first-order chi connectivity index (χ1) is 5.20. The van der Waals surface area contributed by atoms with Crippen molar-refractivity contribution in [2.45, 2.75) is 0 Å². The molecule has 0 spiro atoms. The van der Waals surface area contributed by atoms with Gasteiger partial charge in [0.2, 0.25) is 0 Å². The van der Waals surface area contributed by atoms with Crippen LogP contribution in [0.5, 0.6) is 0 Å². The maximum atomic E-state index is 10.2. The highest BCUT2D eigenvalue weighted by Crippen LogP contribution is 1.80. The lowest BCUT2D eigenvalue weighted by molar-refractivity contribution is -0.152. The summed E-state index contributed by atoms with van der Waals surface area (Å²) in [4.78, 5) is 20.3. The fourth-order valence-electron chi connectivity index (χ4n) is 0.182. The van der Waals surface area contributed by atoms with Gasteiger partial charge < -0.3 is 4.74 Å². The largest absolute Gasteiger partial charge is 0.387 e. The van der Waals surface area contributed by atoms with Crippen LogP contribution < -0.4 is 0 Å². The van der Waals surface area contributed by atoms with Gasteiger partial charge in [-0.15, -0.1) is 13.2 Å². The third-order valence-corrected chi connectivity index (χ3v) is 0.535. The van der Waals surface area contributed by atoms with Crippen LogP contribution in [0.1, 0.15) is 0 Å². The first-order valence-electron chi connectivity index (χ1n) is 2.71. The Morgan fingerprint density at radius 2 is 1.27 bits per heavy atom. The van der Waals surface area contributed by atoms with Crippen molar-refractivity contribution in [3.05, 3.63) is 38.5 Å². The van der Waals surface area contributed by atoms with Crippen LogP contribution in [0.2, 0.25) is 0 Å². The molecule has 0 amide bonds. The van der Waals surface area contributed by atoms with E-state index in [9.17, 15) is 9.59 Å². The minimum atomic E-state index is -0.764. The Bertz CT molecular complexity index is 152. The van der Waals surface area contributed by atoms with Crippen molar-refractivity contribution in [1.29, 1.82) is 0 Å². The Morgan fingerprint density at radius 1 is 1.00 bits per heavy atom. The van der Waals surface area contributed by atoms with Crippen LogP contribution in [0, 0.1) is 0 Å². The van der Waals surface area contributed by atoms with E-state index in [1.807, 2.05) is 0 Å². The van der Waals surface area contributed by atoms with E-state index in [2.05, 4.69) is 31.1 Å². The molecule has 3 heteroatoms. The summed E-state index contributed by atoms with van der Waals surface area (Å²) in [6.45, 7) is 12.2. The molecule has 0 aliphatic heterocycles. The molecule has 0 fully saturated rings. The number of carbonyl (C=O) groups is 2. The number of esters is 2. The molecule has 0 aliphatic rings. The lowest BCUT2D eigenvalue weighted by Crippen LogP contribution is -2.05. The SMILES string of the molecule is C=C.C=CC(=O)OC(=O)C=C. The molecule has 0 N–H and O–H groups in total. The highest BCUT2D eigenvalue weighted by atomic mass is 16.6. The second kappa shape index (κ2) is 8.36. The Balaban J connectivity index is 0. The average Bonchev–Trinajstić information content (AvgIpc) is 2.07. The average molecular weight is 154 g/mol. The minimum absolute atomic E-state index is 0.764. The van der Waals surface area contributed by atoms with E-state index in [0.29, 0.717) is 0 Å². The number of carbonyl (C=O) groups excluding carboxylic acids is 2. The summed E-state index contributed by atoms with van der Waals surface area (Å²) in [5.74, 6) is -1.53. The van der Waals surface area contributed by atoms with E-state index in [4.69, 9.17) is 0 Å². The van der Waals surface area contributed by atoms with Gasteiger partial charge in [-0.25, -0.2) is 9.59 Å². The summed E-state index contributed by atoms with van der Waals surface area (Å²) in [5, 5.41) is 0. The summed E-state index contributed by atoms with van der Waals surface area (Å²) in [6, 6.07) is 0. The lowest BCUT2D eigenvalue weighted by Gasteiger charge is -1.90. The zero-order valence-corrected chi connectivity index (χ0v) is 6.21. The molecule has 0 heterocycles. The molecule has 3 nitrogen and oxygen atoms in total. The Kier molecular flexibility index (Phi) is 9.18. The Labute approximate surface area is 65.7 Å². The van der Waals surface area contributed by atoms with Crippen molar-refractivity contribution in [2.24, 2.45) is 0 Å². The van der Waals surface area contributed by atoms with Gasteiger partial charge in [0.05, 0.1) is 0 Å². The second-order valence-electron chi connectivity index (χ2n) is 1.15. The predicted octanol–water partition coefficient (Wildman–Crippen LogP) is 1.23. The molecule has 0 aromatic rings. The molecule has 0 saturated carbocycles. The number of hydrogen-bond donors (Lipinski definition) is 0. The van der Waals surface area contributed by atoms with Crippen LogP contribution >= 0.6 is 0 Å². The van der Waals surface area contributed by atoms with Gasteiger partial charge in [-0.3, -0.25) is 0 Å². The fraction of sp³-hybridized carbons (Fsp3) is 0. The molecule has 0 aliphatic carbocycles. The van der Waals surface area contributed by atoms with E-state index in [0.717, 1.165) is 12.2 Å². The first kappa shape index (κ1) is 12.1. The maximum absolute atomic E-state index is 10.2. The zero-order chi connectivity index (χ0) is 9.28. The van der Waals surface area contributed by atoms with Gasteiger partial charge in [0.1, 0.15) is 0 Å². The minimum Gasteiger partial charge on any atom is -0.387 e. The summed E-state index contributed by atoms with van der Waals surface area (Å²) >= 11 is 0. The van der Waals surface area contributed by atoms with Crippen LogP contribution in [-0.2, 0) is 14.3 Å². The van der Waals surface area contributed by atoms with Gasteiger partial charge in [-0.1, -0.05) is 13.2 Å². The Hall–Kier alpha value is -1.64. The third kappa shape index (κ3) is 8.36. The molecule has 0 rings (SSSR count). The van der Waals surface area contributed by atoms with Gasteiger partial charge in [0.25, 0.3) is 0 Å². The summed E-state index contributed by atoms with van der Waals surface area (Å²) in [5.41, 5.74) is 0. The van der Waals surface area contributed by atoms with E-state index >= 15 is 0 Å². The van der Waals surface area contributed by atoms with Crippen molar-refractivity contribution < 1.29 is 14.3 Å². The van der Waals surface area contributed by atoms with Crippen LogP contribution in [0.3, 0.4) is 0 Å². The molecule has 0 bridgehead atoms. The van der Waals surface area contributed by atoms with Gasteiger partial charge in [-0.2, -0.15) is 0 Å². The lowest BCUT2D eigenvalue weighted by atomic mass is 10.6. The highest BCUT2D eigenvalue weighted by molar-refractivity contribution is 5.95. The van der Waals surface area contributed by atoms with Crippen molar-refractivity contribution in [2.75, 3.05) is 0 Å². The molecular weight excluding hydrogens is 144 g/mol. The third-order valence-electron chi connectivity index (χ3n) is 0.535. The van der Waals surface area contributed by atoms with Gasteiger partial charge in [-0.05, 0) is 0 Å². The maximum Gasteiger partial charge on any atom is 0.338 e. The van der Waals surface area contributed by atoms with Crippen LogP contribution in [0.25, 0.3) is 0 Å². The van der Waals surface area contributed by atoms with E-state index in [1.54, 1.807) is 0 Å². The van der Waals surface area contributed by atoms with Crippen LogP contribution in [-0.4, -0.2) is 11.9 Å². The van der Waals surface area contributed by atoms with Crippen molar-refractivity contribution in [3.8, 4) is 0 Å². The van der Waals surface area contributed by atoms with Gasteiger partial charge in [0, 0.05) is 12.2 Å². The quantitative estimate of drug-likeness (QED) is 0.260. The van der Waals surface area contributed by atoms with Gasteiger partial charge in [0.15, 0.2) is 0 Å². The fourth-order valence-corrected chi connectivity index (χ4v) is 0.182. The standard InChI is InChI=1S/C6H6O3.C2H4/c1-3-5(7)9-6(8)4-2;1-2/h3-4H,1-2H2;1-2H2. The normalized spacial score (nSPS) is 6.55. The molecule has 60 valence electrons. The molecule has 0 aromatic heterocycles. The Morgan fingerprint density at radius 3 is 1.45 bits per heavy atom. The topological polar surface area (TPSA) is 43.4 Å².